The van der Waals surface area contributed by atoms with Crippen molar-refractivity contribution in [3.63, 3.8) is 0 Å². The summed E-state index contributed by atoms with van der Waals surface area (Å²) in [6, 6.07) is 7.53. The summed E-state index contributed by atoms with van der Waals surface area (Å²) in [5.74, 6) is 0.227. The third kappa shape index (κ3) is 4.66. The van der Waals surface area contributed by atoms with E-state index in [1.165, 1.54) is 25.3 Å². The second-order valence-electron chi connectivity index (χ2n) is 5.14. The molecular weight excluding hydrogens is 326 g/mol. The average Bonchev–Trinajstić information content (AvgIpc) is 2.64. The third-order valence-corrected chi connectivity index (χ3v) is 3.38. The Morgan fingerprint density at radius 3 is 2.84 bits per heavy atom. The van der Waals surface area contributed by atoms with Gasteiger partial charge >= 0.3 is 0 Å². The smallest absolute Gasteiger partial charge is 0.282 e. The highest BCUT2D eigenvalue weighted by Gasteiger charge is 2.21. The Morgan fingerprint density at radius 2 is 2.16 bits per heavy atom. The van der Waals surface area contributed by atoms with Crippen molar-refractivity contribution in [1.29, 1.82) is 0 Å². The molecule has 1 N–H and O–H groups in total. The Balaban J connectivity index is 2.17. The number of hydrogen-bond donors (Lipinski definition) is 1. The normalized spacial score (nSPS) is 10.2. The minimum absolute atomic E-state index is 0.0655. The van der Waals surface area contributed by atoms with E-state index in [1.807, 2.05) is 6.92 Å². The number of nitro groups is 1. The molecular formula is C17H19N3O5. The first kappa shape index (κ1) is 18.2. The monoisotopic (exact) mass is 345 g/mol. The standard InChI is InChI=1S/C17H19N3O5/c1-3-9-25-17-12(5-4-8-18-17)11-19-16(21)14-10-13(24-2)6-7-15(14)20(22)23/h4-8,10H,3,9,11H2,1-2H3,(H,19,21). The zero-order valence-corrected chi connectivity index (χ0v) is 14.0. The van der Waals surface area contributed by atoms with Crippen LogP contribution in [0.2, 0.25) is 0 Å². The van der Waals surface area contributed by atoms with Crippen molar-refractivity contribution in [3.05, 3.63) is 57.8 Å². The average molecular weight is 345 g/mol. The number of hydrogen-bond acceptors (Lipinski definition) is 6. The first-order valence-electron chi connectivity index (χ1n) is 7.74. The van der Waals surface area contributed by atoms with Gasteiger partial charge in [-0.2, -0.15) is 0 Å². The minimum atomic E-state index is -0.603. The van der Waals surface area contributed by atoms with Crippen LogP contribution in [0.5, 0.6) is 11.6 Å². The zero-order chi connectivity index (χ0) is 18.2. The molecule has 25 heavy (non-hydrogen) atoms. The molecule has 2 rings (SSSR count). The quantitative estimate of drug-likeness (QED) is 0.583. The van der Waals surface area contributed by atoms with Gasteiger partial charge in [-0.05, 0) is 24.6 Å². The molecule has 1 heterocycles. The molecule has 8 heteroatoms. The molecule has 0 fully saturated rings. The van der Waals surface area contributed by atoms with Crippen LogP contribution >= 0.6 is 0 Å². The van der Waals surface area contributed by atoms with E-state index < -0.39 is 10.8 Å². The van der Waals surface area contributed by atoms with Crippen LogP contribution in [0.25, 0.3) is 0 Å². The van der Waals surface area contributed by atoms with Crippen LogP contribution in [0.15, 0.2) is 36.5 Å². The van der Waals surface area contributed by atoms with Gasteiger partial charge < -0.3 is 14.8 Å². The predicted molar refractivity (Wildman–Crippen MR) is 90.8 cm³/mol. The summed E-state index contributed by atoms with van der Waals surface area (Å²) >= 11 is 0. The van der Waals surface area contributed by atoms with Crippen molar-refractivity contribution in [2.75, 3.05) is 13.7 Å². The van der Waals surface area contributed by atoms with Crippen LogP contribution < -0.4 is 14.8 Å². The number of nitro benzene ring substituents is 1. The maximum atomic E-state index is 12.4. The lowest BCUT2D eigenvalue weighted by Gasteiger charge is -2.11. The molecule has 8 nitrogen and oxygen atoms in total. The summed E-state index contributed by atoms with van der Waals surface area (Å²) in [6.07, 6.45) is 2.43. The molecule has 0 bridgehead atoms. The van der Waals surface area contributed by atoms with E-state index in [0.717, 1.165) is 6.42 Å². The van der Waals surface area contributed by atoms with Crippen LogP contribution in [0.4, 0.5) is 5.69 Å². The number of benzene rings is 1. The lowest BCUT2D eigenvalue weighted by molar-refractivity contribution is -0.385. The Bertz CT molecular complexity index is 764. The summed E-state index contributed by atoms with van der Waals surface area (Å²) in [5.41, 5.74) is 0.339. The summed E-state index contributed by atoms with van der Waals surface area (Å²) in [4.78, 5) is 27.1. The number of amides is 1. The second-order valence-corrected chi connectivity index (χ2v) is 5.14. The molecule has 0 spiro atoms. The van der Waals surface area contributed by atoms with Gasteiger partial charge in [-0.3, -0.25) is 14.9 Å². The van der Waals surface area contributed by atoms with Crippen LogP contribution in [0.1, 0.15) is 29.3 Å². The van der Waals surface area contributed by atoms with Crippen molar-refractivity contribution in [3.8, 4) is 11.6 Å². The largest absolute Gasteiger partial charge is 0.497 e. The molecule has 0 saturated heterocycles. The topological polar surface area (TPSA) is 104 Å². The number of nitrogens with one attached hydrogen (secondary N) is 1. The summed E-state index contributed by atoms with van der Waals surface area (Å²) in [5, 5.41) is 13.8. The number of methoxy groups -OCH3 is 1. The lowest BCUT2D eigenvalue weighted by Crippen LogP contribution is -2.24. The Kier molecular flexibility index (Phi) is 6.27. The molecule has 2 aromatic rings. The molecule has 0 unspecified atom stereocenters. The fraction of sp³-hybridized carbons (Fsp3) is 0.294. The maximum Gasteiger partial charge on any atom is 0.282 e. The number of nitrogens with zero attached hydrogens (tertiary/aromatic N) is 2. The Morgan fingerprint density at radius 1 is 1.36 bits per heavy atom. The van der Waals surface area contributed by atoms with Gasteiger partial charge in [-0.1, -0.05) is 13.0 Å². The van der Waals surface area contributed by atoms with Gasteiger partial charge in [0.2, 0.25) is 5.88 Å². The summed E-state index contributed by atoms with van der Waals surface area (Å²) < 4.78 is 10.6. The molecule has 1 aromatic carbocycles. The van der Waals surface area contributed by atoms with Crippen LogP contribution in [-0.4, -0.2) is 29.5 Å². The van der Waals surface area contributed by atoms with E-state index in [-0.39, 0.29) is 17.8 Å². The van der Waals surface area contributed by atoms with Gasteiger partial charge in [0.25, 0.3) is 11.6 Å². The third-order valence-electron chi connectivity index (χ3n) is 3.38. The molecule has 0 aliphatic heterocycles. The van der Waals surface area contributed by atoms with Crippen molar-refractivity contribution >= 4 is 11.6 Å². The number of pyridine rings is 1. The maximum absolute atomic E-state index is 12.4. The first-order chi connectivity index (χ1) is 12.1. The fourth-order valence-electron chi connectivity index (χ4n) is 2.14. The van der Waals surface area contributed by atoms with Crippen molar-refractivity contribution in [2.45, 2.75) is 19.9 Å². The van der Waals surface area contributed by atoms with E-state index in [1.54, 1.807) is 18.3 Å². The molecule has 0 saturated carbocycles. The zero-order valence-electron chi connectivity index (χ0n) is 14.0. The van der Waals surface area contributed by atoms with Gasteiger partial charge in [-0.25, -0.2) is 4.98 Å². The molecule has 0 radical (unpaired) electrons. The summed E-state index contributed by atoms with van der Waals surface area (Å²) in [6.45, 7) is 2.63. The van der Waals surface area contributed by atoms with Crippen LogP contribution in [0.3, 0.4) is 0 Å². The number of ether oxygens (including phenoxy) is 2. The molecule has 1 aromatic heterocycles. The second kappa shape index (κ2) is 8.62. The molecule has 0 aliphatic carbocycles. The number of carbonyl (C=O) groups excluding carboxylic acids is 1. The number of aromatic nitrogens is 1. The highest BCUT2D eigenvalue weighted by molar-refractivity contribution is 5.98. The highest BCUT2D eigenvalue weighted by atomic mass is 16.6. The SMILES string of the molecule is CCCOc1ncccc1CNC(=O)c1cc(OC)ccc1[N+](=O)[O-]. The van der Waals surface area contributed by atoms with E-state index in [9.17, 15) is 14.9 Å². The van der Waals surface area contributed by atoms with Crippen LogP contribution in [-0.2, 0) is 6.54 Å². The number of rotatable bonds is 8. The van der Waals surface area contributed by atoms with Crippen LogP contribution in [0, 0.1) is 10.1 Å². The van der Waals surface area contributed by atoms with E-state index in [4.69, 9.17) is 9.47 Å². The lowest BCUT2D eigenvalue weighted by atomic mass is 10.1. The fourth-order valence-corrected chi connectivity index (χ4v) is 2.14. The first-order valence-corrected chi connectivity index (χ1v) is 7.74. The number of carbonyl (C=O) groups is 1. The Labute approximate surface area is 144 Å². The molecule has 1 amide bonds. The van der Waals surface area contributed by atoms with E-state index >= 15 is 0 Å². The van der Waals surface area contributed by atoms with Gasteiger partial charge in [0.05, 0.1) is 18.6 Å². The van der Waals surface area contributed by atoms with Crippen molar-refractivity contribution < 1.29 is 19.2 Å². The van der Waals surface area contributed by atoms with Gasteiger partial charge in [-0.15, -0.1) is 0 Å². The predicted octanol–water partition coefficient (Wildman–Crippen LogP) is 2.72. The van der Waals surface area contributed by atoms with E-state index in [0.29, 0.717) is 23.8 Å². The van der Waals surface area contributed by atoms with Crippen molar-refractivity contribution in [2.24, 2.45) is 0 Å². The van der Waals surface area contributed by atoms with Gasteiger partial charge in [0, 0.05) is 24.4 Å². The van der Waals surface area contributed by atoms with Gasteiger partial charge in [0.15, 0.2) is 0 Å². The van der Waals surface area contributed by atoms with Gasteiger partial charge in [0.1, 0.15) is 11.3 Å². The molecule has 132 valence electrons. The summed E-state index contributed by atoms with van der Waals surface area (Å²) in [7, 11) is 1.43. The van der Waals surface area contributed by atoms with E-state index in [2.05, 4.69) is 10.3 Å². The molecule has 0 aliphatic rings. The minimum Gasteiger partial charge on any atom is -0.497 e. The highest BCUT2D eigenvalue weighted by Crippen LogP contribution is 2.24. The molecule has 0 atom stereocenters. The Hall–Kier alpha value is -3.16. The van der Waals surface area contributed by atoms with Crippen molar-refractivity contribution in [1.82, 2.24) is 10.3 Å².